The molecule has 0 saturated heterocycles. The molecule has 0 aliphatic carbocycles. The van der Waals surface area contributed by atoms with E-state index in [0.29, 0.717) is 29.4 Å². The largest absolute Gasteiger partial charge is 0.494 e. The second-order valence-electron chi connectivity index (χ2n) is 5.28. The van der Waals surface area contributed by atoms with Crippen molar-refractivity contribution >= 4 is 17.6 Å². The molecule has 0 saturated carbocycles. The highest BCUT2D eigenvalue weighted by molar-refractivity contribution is 6.20. The summed E-state index contributed by atoms with van der Waals surface area (Å²) in [4.78, 5) is 11.8. The number of aliphatic carboxylic acids is 1. The van der Waals surface area contributed by atoms with Gasteiger partial charge < -0.3 is 24.1 Å². The zero-order chi connectivity index (χ0) is 19.1. The SMILES string of the molecule is CCOc1ccc(/C=C(/C(=O)O)c2cc(OC)c(OC)c(OC)c2)cc1. The summed E-state index contributed by atoms with van der Waals surface area (Å²) in [5.41, 5.74) is 1.29. The number of ether oxygens (including phenoxy) is 4. The van der Waals surface area contributed by atoms with E-state index in [9.17, 15) is 9.90 Å². The Labute approximate surface area is 152 Å². The van der Waals surface area contributed by atoms with Crippen LogP contribution >= 0.6 is 0 Å². The maximum Gasteiger partial charge on any atom is 0.336 e. The zero-order valence-corrected chi connectivity index (χ0v) is 15.2. The first kappa shape index (κ1) is 19.2. The highest BCUT2D eigenvalue weighted by Crippen LogP contribution is 2.40. The molecule has 0 aliphatic rings. The molecule has 0 unspecified atom stereocenters. The molecule has 0 aromatic heterocycles. The topological polar surface area (TPSA) is 74.2 Å². The van der Waals surface area contributed by atoms with Crippen LogP contribution in [0.2, 0.25) is 0 Å². The molecule has 0 atom stereocenters. The third kappa shape index (κ3) is 4.27. The first-order chi connectivity index (χ1) is 12.5. The second-order valence-corrected chi connectivity index (χ2v) is 5.28. The van der Waals surface area contributed by atoms with Crippen LogP contribution in [-0.2, 0) is 4.79 Å². The number of carboxylic acid groups (broad SMARTS) is 1. The lowest BCUT2D eigenvalue weighted by atomic mass is 10.0. The lowest BCUT2D eigenvalue weighted by Crippen LogP contribution is -2.02. The number of methoxy groups -OCH3 is 3. The predicted octanol–water partition coefficient (Wildman–Crippen LogP) is 3.74. The van der Waals surface area contributed by atoms with Crippen molar-refractivity contribution in [2.75, 3.05) is 27.9 Å². The van der Waals surface area contributed by atoms with Gasteiger partial charge in [0.05, 0.1) is 33.5 Å². The fourth-order valence-corrected chi connectivity index (χ4v) is 2.50. The van der Waals surface area contributed by atoms with E-state index in [1.165, 1.54) is 21.3 Å². The van der Waals surface area contributed by atoms with Crippen LogP contribution in [0.25, 0.3) is 11.6 Å². The lowest BCUT2D eigenvalue weighted by molar-refractivity contribution is -0.130. The quantitative estimate of drug-likeness (QED) is 0.572. The summed E-state index contributed by atoms with van der Waals surface area (Å²) >= 11 is 0. The van der Waals surface area contributed by atoms with Crippen molar-refractivity contribution in [1.82, 2.24) is 0 Å². The van der Waals surface area contributed by atoms with E-state index in [4.69, 9.17) is 18.9 Å². The minimum atomic E-state index is -1.06. The highest BCUT2D eigenvalue weighted by Gasteiger charge is 2.18. The van der Waals surface area contributed by atoms with Gasteiger partial charge in [-0.2, -0.15) is 0 Å². The summed E-state index contributed by atoms with van der Waals surface area (Å²) in [5, 5.41) is 9.67. The molecule has 2 rings (SSSR count). The Bertz CT molecular complexity index is 767. The van der Waals surface area contributed by atoms with E-state index in [0.717, 1.165) is 11.3 Å². The highest BCUT2D eigenvalue weighted by atomic mass is 16.5. The fraction of sp³-hybridized carbons (Fsp3) is 0.250. The van der Waals surface area contributed by atoms with Crippen molar-refractivity contribution in [3.05, 3.63) is 47.5 Å². The van der Waals surface area contributed by atoms with E-state index in [1.807, 2.05) is 6.92 Å². The molecule has 2 aromatic rings. The summed E-state index contributed by atoms with van der Waals surface area (Å²) in [6.07, 6.45) is 1.58. The predicted molar refractivity (Wildman–Crippen MR) is 99.2 cm³/mol. The maximum atomic E-state index is 11.8. The van der Waals surface area contributed by atoms with Crippen LogP contribution in [0, 0.1) is 0 Å². The number of carboxylic acids is 1. The van der Waals surface area contributed by atoms with Gasteiger partial charge in [-0.25, -0.2) is 4.79 Å². The van der Waals surface area contributed by atoms with Crippen LogP contribution in [0.4, 0.5) is 0 Å². The van der Waals surface area contributed by atoms with Gasteiger partial charge in [-0.3, -0.25) is 0 Å². The normalized spacial score (nSPS) is 11.0. The van der Waals surface area contributed by atoms with E-state index in [1.54, 1.807) is 42.5 Å². The Morgan fingerprint density at radius 2 is 1.58 bits per heavy atom. The Balaban J connectivity index is 2.51. The van der Waals surface area contributed by atoms with Gasteiger partial charge in [0.15, 0.2) is 11.5 Å². The number of benzene rings is 2. The molecule has 2 aromatic carbocycles. The van der Waals surface area contributed by atoms with Crippen molar-refractivity contribution in [1.29, 1.82) is 0 Å². The van der Waals surface area contributed by atoms with Gasteiger partial charge in [0, 0.05) is 0 Å². The number of rotatable bonds is 8. The molecule has 0 radical (unpaired) electrons. The molecular formula is C20H22O6. The smallest absolute Gasteiger partial charge is 0.336 e. The first-order valence-electron chi connectivity index (χ1n) is 8.02. The summed E-state index contributed by atoms with van der Waals surface area (Å²) in [5.74, 6) is 0.855. The third-order valence-corrected chi connectivity index (χ3v) is 3.71. The molecule has 0 bridgehead atoms. The maximum absolute atomic E-state index is 11.8. The molecular weight excluding hydrogens is 336 g/mol. The average molecular weight is 358 g/mol. The Kier molecular flexibility index (Phi) is 6.49. The molecule has 1 N–H and O–H groups in total. The standard InChI is InChI=1S/C20H22O6/c1-5-26-15-8-6-13(7-9-15)10-16(20(21)22)14-11-17(23-2)19(25-4)18(12-14)24-3/h6-12H,5H2,1-4H3,(H,21,22)/b16-10+. The van der Waals surface area contributed by atoms with Crippen molar-refractivity contribution in [3.8, 4) is 23.0 Å². The van der Waals surface area contributed by atoms with Crippen molar-refractivity contribution in [2.24, 2.45) is 0 Å². The second kappa shape index (κ2) is 8.80. The summed E-state index contributed by atoms with van der Waals surface area (Å²) in [7, 11) is 4.46. The van der Waals surface area contributed by atoms with E-state index >= 15 is 0 Å². The monoisotopic (exact) mass is 358 g/mol. The van der Waals surface area contributed by atoms with E-state index < -0.39 is 5.97 Å². The van der Waals surface area contributed by atoms with Gasteiger partial charge in [0.25, 0.3) is 0 Å². The molecule has 0 fully saturated rings. The summed E-state index contributed by atoms with van der Waals surface area (Å²) < 4.78 is 21.3. The number of hydrogen-bond acceptors (Lipinski definition) is 5. The van der Waals surface area contributed by atoms with Crippen LogP contribution in [0.1, 0.15) is 18.1 Å². The molecule has 0 heterocycles. The Hall–Kier alpha value is -3.15. The first-order valence-corrected chi connectivity index (χ1v) is 8.02. The Morgan fingerprint density at radius 3 is 2.00 bits per heavy atom. The molecule has 0 amide bonds. The van der Waals surface area contributed by atoms with Gasteiger partial charge in [-0.15, -0.1) is 0 Å². The van der Waals surface area contributed by atoms with Crippen LogP contribution < -0.4 is 18.9 Å². The number of hydrogen-bond donors (Lipinski definition) is 1. The van der Waals surface area contributed by atoms with Gasteiger partial charge in [0.1, 0.15) is 5.75 Å². The minimum Gasteiger partial charge on any atom is -0.494 e. The average Bonchev–Trinajstić information content (AvgIpc) is 2.66. The minimum absolute atomic E-state index is 0.105. The van der Waals surface area contributed by atoms with Gasteiger partial charge in [0.2, 0.25) is 5.75 Å². The molecule has 6 heteroatoms. The van der Waals surface area contributed by atoms with Gasteiger partial charge >= 0.3 is 5.97 Å². The lowest BCUT2D eigenvalue weighted by Gasteiger charge is -2.14. The van der Waals surface area contributed by atoms with E-state index in [-0.39, 0.29) is 5.57 Å². The molecule has 0 aliphatic heterocycles. The third-order valence-electron chi connectivity index (χ3n) is 3.71. The van der Waals surface area contributed by atoms with Crippen LogP contribution in [-0.4, -0.2) is 39.0 Å². The van der Waals surface area contributed by atoms with E-state index in [2.05, 4.69) is 0 Å². The summed E-state index contributed by atoms with van der Waals surface area (Å²) in [6.45, 7) is 2.47. The fourth-order valence-electron chi connectivity index (χ4n) is 2.50. The van der Waals surface area contributed by atoms with Crippen LogP contribution in [0.3, 0.4) is 0 Å². The summed E-state index contributed by atoms with van der Waals surface area (Å²) in [6, 6.07) is 10.4. The zero-order valence-electron chi connectivity index (χ0n) is 15.2. The van der Waals surface area contributed by atoms with Crippen LogP contribution in [0.15, 0.2) is 36.4 Å². The van der Waals surface area contributed by atoms with Crippen LogP contribution in [0.5, 0.6) is 23.0 Å². The molecule has 138 valence electrons. The van der Waals surface area contributed by atoms with Crippen molar-refractivity contribution in [3.63, 3.8) is 0 Å². The van der Waals surface area contributed by atoms with Crippen molar-refractivity contribution < 1.29 is 28.8 Å². The van der Waals surface area contributed by atoms with Crippen molar-refractivity contribution in [2.45, 2.75) is 6.92 Å². The number of carbonyl (C=O) groups is 1. The molecule has 0 spiro atoms. The molecule has 6 nitrogen and oxygen atoms in total. The van der Waals surface area contributed by atoms with Gasteiger partial charge in [-0.1, -0.05) is 12.1 Å². The van der Waals surface area contributed by atoms with Gasteiger partial charge in [-0.05, 0) is 48.4 Å². The Morgan fingerprint density at radius 1 is 1.00 bits per heavy atom. The molecule has 26 heavy (non-hydrogen) atoms.